The van der Waals surface area contributed by atoms with Crippen molar-refractivity contribution < 1.29 is 0 Å². The lowest BCUT2D eigenvalue weighted by Gasteiger charge is -2.14. The fraction of sp³-hybridized carbons (Fsp3) is 0.750. The van der Waals surface area contributed by atoms with Gasteiger partial charge in [0.25, 0.3) is 0 Å². The Labute approximate surface area is 61.9 Å². The zero-order valence-electron chi connectivity index (χ0n) is 5.86. The van der Waals surface area contributed by atoms with Crippen LogP contribution in [0.4, 0.5) is 0 Å². The van der Waals surface area contributed by atoms with Gasteiger partial charge in [0.1, 0.15) is 0 Å². The van der Waals surface area contributed by atoms with Crippen LogP contribution in [0.3, 0.4) is 0 Å². The van der Waals surface area contributed by atoms with Gasteiger partial charge in [0.2, 0.25) is 0 Å². The molecular formula is C8H13Cl. The van der Waals surface area contributed by atoms with Gasteiger partial charge in [0.15, 0.2) is 0 Å². The van der Waals surface area contributed by atoms with E-state index in [1.807, 2.05) is 0 Å². The summed E-state index contributed by atoms with van der Waals surface area (Å²) in [5, 5.41) is 0.417. The van der Waals surface area contributed by atoms with E-state index in [0.29, 0.717) is 5.38 Å². The Morgan fingerprint density at radius 2 is 2.56 bits per heavy atom. The van der Waals surface area contributed by atoms with Crippen molar-refractivity contribution in [2.75, 3.05) is 0 Å². The lowest BCUT2D eigenvalue weighted by Crippen LogP contribution is -2.03. The highest BCUT2D eigenvalue weighted by atomic mass is 35.5. The van der Waals surface area contributed by atoms with Crippen LogP contribution in [0.25, 0.3) is 0 Å². The summed E-state index contributed by atoms with van der Waals surface area (Å²) in [6.45, 7) is 2.21. The summed E-state index contributed by atoms with van der Waals surface area (Å²) in [4.78, 5) is 0. The van der Waals surface area contributed by atoms with E-state index in [-0.39, 0.29) is 0 Å². The molecule has 0 bridgehead atoms. The average molecular weight is 145 g/mol. The summed E-state index contributed by atoms with van der Waals surface area (Å²) >= 11 is 5.89. The Morgan fingerprint density at radius 3 is 3.00 bits per heavy atom. The zero-order chi connectivity index (χ0) is 6.69. The van der Waals surface area contributed by atoms with Crippen molar-refractivity contribution in [3.05, 3.63) is 11.6 Å². The van der Waals surface area contributed by atoms with Crippen molar-refractivity contribution in [1.82, 2.24) is 0 Å². The van der Waals surface area contributed by atoms with Crippen molar-refractivity contribution in [3.63, 3.8) is 0 Å². The molecular weight excluding hydrogens is 132 g/mol. The van der Waals surface area contributed by atoms with Gasteiger partial charge in [-0.05, 0) is 25.7 Å². The molecule has 52 valence electrons. The summed E-state index contributed by atoms with van der Waals surface area (Å²) in [6.07, 6.45) is 7.00. The maximum Gasteiger partial charge on any atom is 0.0373 e. The number of allylic oxidation sites excluding steroid dienone is 2. The quantitative estimate of drug-likeness (QED) is 0.392. The second-order valence-corrected chi connectivity index (χ2v) is 3.20. The summed E-state index contributed by atoms with van der Waals surface area (Å²) in [7, 11) is 0. The molecule has 1 heteroatoms. The smallest absolute Gasteiger partial charge is 0.0373 e. The van der Waals surface area contributed by atoms with Crippen molar-refractivity contribution in [1.29, 1.82) is 0 Å². The first kappa shape index (κ1) is 7.14. The average Bonchev–Trinajstić information content (AvgIpc) is 1.90. The van der Waals surface area contributed by atoms with E-state index in [0.717, 1.165) is 6.42 Å². The maximum atomic E-state index is 5.89. The van der Waals surface area contributed by atoms with Crippen LogP contribution in [0.1, 0.15) is 32.6 Å². The largest absolute Gasteiger partial charge is 0.123 e. The van der Waals surface area contributed by atoms with E-state index < -0.39 is 0 Å². The molecule has 0 aliphatic heterocycles. The van der Waals surface area contributed by atoms with Gasteiger partial charge in [-0.2, -0.15) is 0 Å². The standard InChI is InChI=1S/C8H13Cl/c1-2-7-3-5-8(9)6-4-7/h3,8H,2,4-6H2,1H3/t8-/m0/s1. The Hall–Kier alpha value is 0.0300. The van der Waals surface area contributed by atoms with Crippen LogP contribution < -0.4 is 0 Å². The molecule has 9 heavy (non-hydrogen) atoms. The molecule has 0 aromatic carbocycles. The highest BCUT2D eigenvalue weighted by Gasteiger charge is 2.09. The molecule has 0 heterocycles. The van der Waals surface area contributed by atoms with E-state index >= 15 is 0 Å². The minimum atomic E-state index is 0.417. The lowest BCUT2D eigenvalue weighted by molar-refractivity contribution is 0.692. The molecule has 1 aliphatic rings. The van der Waals surface area contributed by atoms with Crippen molar-refractivity contribution in [3.8, 4) is 0 Å². The number of hydrogen-bond donors (Lipinski definition) is 0. The topological polar surface area (TPSA) is 0 Å². The molecule has 1 aliphatic carbocycles. The molecule has 0 saturated carbocycles. The van der Waals surface area contributed by atoms with Gasteiger partial charge in [-0.3, -0.25) is 0 Å². The number of alkyl halides is 1. The number of rotatable bonds is 1. The SMILES string of the molecule is CCC1=CC[C@H](Cl)CC1. The van der Waals surface area contributed by atoms with E-state index in [4.69, 9.17) is 11.6 Å². The van der Waals surface area contributed by atoms with Crippen LogP contribution in [0.2, 0.25) is 0 Å². The third-order valence-electron chi connectivity index (χ3n) is 1.90. The Bertz CT molecular complexity index is 116. The zero-order valence-corrected chi connectivity index (χ0v) is 6.62. The first-order valence-electron chi connectivity index (χ1n) is 3.65. The highest BCUT2D eigenvalue weighted by molar-refractivity contribution is 6.20. The normalized spacial score (nSPS) is 27.8. The Kier molecular flexibility index (Phi) is 2.59. The molecule has 0 radical (unpaired) electrons. The molecule has 0 aromatic rings. The fourth-order valence-electron chi connectivity index (χ4n) is 1.18. The number of hydrogen-bond acceptors (Lipinski definition) is 0. The molecule has 0 N–H and O–H groups in total. The first-order valence-corrected chi connectivity index (χ1v) is 4.08. The molecule has 0 fully saturated rings. The van der Waals surface area contributed by atoms with E-state index in [2.05, 4.69) is 13.0 Å². The number of halogens is 1. The van der Waals surface area contributed by atoms with Crippen LogP contribution in [-0.2, 0) is 0 Å². The van der Waals surface area contributed by atoms with Crippen LogP contribution in [0.5, 0.6) is 0 Å². The van der Waals surface area contributed by atoms with Gasteiger partial charge in [0, 0.05) is 5.38 Å². The van der Waals surface area contributed by atoms with Crippen molar-refractivity contribution in [2.45, 2.75) is 38.0 Å². The van der Waals surface area contributed by atoms with Crippen molar-refractivity contribution >= 4 is 11.6 Å². The summed E-state index contributed by atoms with van der Waals surface area (Å²) in [6, 6.07) is 0. The minimum Gasteiger partial charge on any atom is -0.123 e. The van der Waals surface area contributed by atoms with E-state index in [1.165, 1.54) is 19.3 Å². The molecule has 0 aromatic heterocycles. The second-order valence-electron chi connectivity index (χ2n) is 2.59. The highest BCUT2D eigenvalue weighted by Crippen LogP contribution is 2.23. The Morgan fingerprint density at radius 1 is 1.78 bits per heavy atom. The van der Waals surface area contributed by atoms with Gasteiger partial charge in [0.05, 0.1) is 0 Å². The molecule has 0 saturated heterocycles. The minimum absolute atomic E-state index is 0.417. The van der Waals surface area contributed by atoms with Crippen LogP contribution in [0.15, 0.2) is 11.6 Å². The summed E-state index contributed by atoms with van der Waals surface area (Å²) in [5.41, 5.74) is 1.59. The molecule has 1 rings (SSSR count). The van der Waals surface area contributed by atoms with Crippen molar-refractivity contribution in [2.24, 2.45) is 0 Å². The van der Waals surface area contributed by atoms with Gasteiger partial charge in [-0.1, -0.05) is 18.6 Å². The third kappa shape index (κ3) is 2.02. The van der Waals surface area contributed by atoms with Crippen LogP contribution in [-0.4, -0.2) is 5.38 Å². The van der Waals surface area contributed by atoms with Gasteiger partial charge in [-0.25, -0.2) is 0 Å². The molecule has 0 nitrogen and oxygen atoms in total. The van der Waals surface area contributed by atoms with Crippen LogP contribution in [0, 0.1) is 0 Å². The van der Waals surface area contributed by atoms with Gasteiger partial charge in [-0.15, -0.1) is 11.6 Å². The fourth-order valence-corrected chi connectivity index (χ4v) is 1.38. The van der Waals surface area contributed by atoms with E-state index in [1.54, 1.807) is 5.57 Å². The molecule has 1 atom stereocenters. The van der Waals surface area contributed by atoms with Gasteiger partial charge < -0.3 is 0 Å². The lowest BCUT2D eigenvalue weighted by atomic mass is 9.98. The maximum absolute atomic E-state index is 5.89. The predicted octanol–water partition coefficient (Wildman–Crippen LogP) is 3.11. The first-order chi connectivity index (χ1) is 4.33. The third-order valence-corrected chi connectivity index (χ3v) is 2.29. The summed E-state index contributed by atoms with van der Waals surface area (Å²) in [5.74, 6) is 0. The summed E-state index contributed by atoms with van der Waals surface area (Å²) < 4.78 is 0. The second kappa shape index (κ2) is 3.26. The predicted molar refractivity (Wildman–Crippen MR) is 41.9 cm³/mol. The molecule has 0 unspecified atom stereocenters. The van der Waals surface area contributed by atoms with Gasteiger partial charge >= 0.3 is 0 Å². The van der Waals surface area contributed by atoms with Crippen LogP contribution >= 0.6 is 11.6 Å². The molecule has 0 spiro atoms. The molecule has 0 amide bonds. The monoisotopic (exact) mass is 144 g/mol. The Balaban J connectivity index is 2.40. The van der Waals surface area contributed by atoms with E-state index in [9.17, 15) is 0 Å².